The number of carbonyl (C=O) groups excluding carboxylic acids is 1. The van der Waals surface area contributed by atoms with Crippen LogP contribution in [0.15, 0.2) is 24.3 Å². The maximum Gasteiger partial charge on any atom is 0.176 e. The molecule has 2 aromatic rings. The van der Waals surface area contributed by atoms with Gasteiger partial charge < -0.3 is 9.67 Å². The molecule has 0 aliphatic heterocycles. The third-order valence-corrected chi connectivity index (χ3v) is 2.56. The van der Waals surface area contributed by atoms with Gasteiger partial charge in [-0.2, -0.15) is 0 Å². The minimum atomic E-state index is 0.0486. The normalized spacial score (nSPS) is 10.8. The molecule has 0 bridgehead atoms. The molecule has 78 valence electrons. The lowest BCUT2D eigenvalue weighted by Crippen LogP contribution is -2.04. The molecule has 0 aliphatic rings. The first-order chi connectivity index (χ1) is 7.13. The Hall–Kier alpha value is -1.77. The minimum Gasteiger partial charge on any atom is -0.508 e. The molecule has 0 spiro atoms. The van der Waals surface area contributed by atoms with Crippen molar-refractivity contribution in [1.29, 1.82) is 0 Å². The van der Waals surface area contributed by atoms with Crippen molar-refractivity contribution in [3.63, 3.8) is 0 Å². The van der Waals surface area contributed by atoms with E-state index >= 15 is 0 Å². The predicted molar refractivity (Wildman–Crippen MR) is 59.3 cm³/mol. The van der Waals surface area contributed by atoms with Gasteiger partial charge in [0, 0.05) is 24.4 Å². The Labute approximate surface area is 87.9 Å². The minimum absolute atomic E-state index is 0.0486. The van der Waals surface area contributed by atoms with Crippen molar-refractivity contribution >= 4 is 16.7 Å². The van der Waals surface area contributed by atoms with Gasteiger partial charge in [-0.05, 0) is 31.2 Å². The number of fused-ring (bicyclic) bond motifs is 1. The Bertz CT molecular complexity index is 526. The van der Waals surface area contributed by atoms with E-state index in [0.717, 1.165) is 17.4 Å². The number of phenolic OH excluding ortho intramolecular Hbond substituents is 1. The second-order valence-electron chi connectivity index (χ2n) is 3.57. The molecular formula is C12H13NO2. The second-order valence-corrected chi connectivity index (χ2v) is 3.57. The summed E-state index contributed by atoms with van der Waals surface area (Å²) in [6.45, 7) is 4.31. The monoisotopic (exact) mass is 203 g/mol. The molecule has 2 rings (SSSR count). The van der Waals surface area contributed by atoms with Crippen LogP contribution in [-0.4, -0.2) is 15.5 Å². The van der Waals surface area contributed by atoms with Crippen LogP contribution in [0.2, 0.25) is 0 Å². The average Bonchev–Trinajstić information content (AvgIpc) is 2.55. The standard InChI is InChI=1S/C12H13NO2/c1-3-13-11-5-4-10(15)6-9(11)7-12(13)8(2)14/h4-7,15H,3H2,1-2H3. The summed E-state index contributed by atoms with van der Waals surface area (Å²) >= 11 is 0. The highest BCUT2D eigenvalue weighted by Gasteiger charge is 2.10. The predicted octanol–water partition coefficient (Wildman–Crippen LogP) is 2.57. The molecule has 1 aromatic carbocycles. The van der Waals surface area contributed by atoms with E-state index < -0.39 is 0 Å². The first-order valence-electron chi connectivity index (χ1n) is 4.96. The van der Waals surface area contributed by atoms with Gasteiger partial charge in [0.05, 0.1) is 5.69 Å². The van der Waals surface area contributed by atoms with Crippen LogP contribution in [0.25, 0.3) is 10.9 Å². The first kappa shape index (κ1) is 9.77. The van der Waals surface area contributed by atoms with Crippen LogP contribution < -0.4 is 0 Å². The average molecular weight is 203 g/mol. The number of Topliss-reactive ketones (excluding diaryl/α,β-unsaturated/α-hetero) is 1. The van der Waals surface area contributed by atoms with Crippen LogP contribution in [0.5, 0.6) is 5.75 Å². The van der Waals surface area contributed by atoms with Crippen molar-refractivity contribution in [3.05, 3.63) is 30.0 Å². The van der Waals surface area contributed by atoms with Gasteiger partial charge in [-0.25, -0.2) is 0 Å². The summed E-state index contributed by atoms with van der Waals surface area (Å²) in [5, 5.41) is 10.3. The van der Waals surface area contributed by atoms with Crippen molar-refractivity contribution in [1.82, 2.24) is 4.57 Å². The zero-order valence-corrected chi connectivity index (χ0v) is 8.82. The van der Waals surface area contributed by atoms with Crippen LogP contribution >= 0.6 is 0 Å². The number of phenols is 1. The molecule has 0 aliphatic carbocycles. The third-order valence-electron chi connectivity index (χ3n) is 2.56. The van der Waals surface area contributed by atoms with Gasteiger partial charge in [-0.3, -0.25) is 4.79 Å². The van der Waals surface area contributed by atoms with Crippen LogP contribution in [0.4, 0.5) is 0 Å². The molecule has 0 fully saturated rings. The van der Waals surface area contributed by atoms with Crippen molar-refractivity contribution in [2.75, 3.05) is 0 Å². The lowest BCUT2D eigenvalue weighted by molar-refractivity contribution is 0.100. The van der Waals surface area contributed by atoms with E-state index in [-0.39, 0.29) is 11.5 Å². The maximum atomic E-state index is 11.4. The van der Waals surface area contributed by atoms with E-state index in [1.807, 2.05) is 23.6 Å². The molecule has 3 nitrogen and oxygen atoms in total. The highest BCUT2D eigenvalue weighted by molar-refractivity contribution is 5.98. The smallest absolute Gasteiger partial charge is 0.176 e. The molecule has 1 aromatic heterocycles. The molecule has 0 saturated heterocycles. The highest BCUT2D eigenvalue weighted by Crippen LogP contribution is 2.24. The quantitative estimate of drug-likeness (QED) is 0.762. The molecule has 15 heavy (non-hydrogen) atoms. The summed E-state index contributed by atoms with van der Waals surface area (Å²) < 4.78 is 1.96. The fourth-order valence-corrected chi connectivity index (χ4v) is 1.89. The number of aromatic hydroxyl groups is 1. The number of hydrogen-bond acceptors (Lipinski definition) is 2. The van der Waals surface area contributed by atoms with Gasteiger partial charge >= 0.3 is 0 Å². The van der Waals surface area contributed by atoms with E-state index in [1.165, 1.54) is 0 Å². The van der Waals surface area contributed by atoms with Crippen molar-refractivity contribution in [2.24, 2.45) is 0 Å². The summed E-state index contributed by atoms with van der Waals surface area (Å²) in [7, 11) is 0. The van der Waals surface area contributed by atoms with E-state index in [2.05, 4.69) is 0 Å². The molecule has 0 amide bonds. The number of carbonyl (C=O) groups is 1. The number of benzene rings is 1. The van der Waals surface area contributed by atoms with Gasteiger partial charge in [0.15, 0.2) is 5.78 Å². The lowest BCUT2D eigenvalue weighted by Gasteiger charge is -2.04. The molecule has 3 heteroatoms. The van der Waals surface area contributed by atoms with Gasteiger partial charge in [0.2, 0.25) is 0 Å². The Balaban J connectivity index is 2.78. The van der Waals surface area contributed by atoms with Crippen LogP contribution in [-0.2, 0) is 6.54 Å². The Morgan fingerprint density at radius 2 is 2.13 bits per heavy atom. The number of aryl methyl sites for hydroxylation is 1. The number of ketones is 1. The number of hydrogen-bond donors (Lipinski definition) is 1. The molecular weight excluding hydrogens is 190 g/mol. The lowest BCUT2D eigenvalue weighted by atomic mass is 10.2. The summed E-state index contributed by atoms with van der Waals surface area (Å²) in [4.78, 5) is 11.4. The second kappa shape index (κ2) is 3.42. The van der Waals surface area contributed by atoms with Gasteiger partial charge in [-0.1, -0.05) is 0 Å². The number of nitrogens with zero attached hydrogens (tertiary/aromatic N) is 1. The molecule has 1 N–H and O–H groups in total. The van der Waals surface area contributed by atoms with Gasteiger partial charge in [-0.15, -0.1) is 0 Å². The topological polar surface area (TPSA) is 42.2 Å². The van der Waals surface area contributed by atoms with Crippen LogP contribution in [0.3, 0.4) is 0 Å². The highest BCUT2D eigenvalue weighted by atomic mass is 16.3. The molecule has 1 heterocycles. The molecule has 0 saturated carbocycles. The van der Waals surface area contributed by atoms with E-state index in [1.54, 1.807) is 19.1 Å². The Kier molecular flexibility index (Phi) is 2.23. The zero-order chi connectivity index (χ0) is 11.0. The summed E-state index contributed by atoms with van der Waals surface area (Å²) in [5.74, 6) is 0.276. The Morgan fingerprint density at radius 1 is 1.40 bits per heavy atom. The van der Waals surface area contributed by atoms with Gasteiger partial charge in [0.1, 0.15) is 5.75 Å². The van der Waals surface area contributed by atoms with Crippen molar-refractivity contribution in [2.45, 2.75) is 20.4 Å². The van der Waals surface area contributed by atoms with Crippen molar-refractivity contribution < 1.29 is 9.90 Å². The molecule has 0 unspecified atom stereocenters. The Morgan fingerprint density at radius 3 is 2.73 bits per heavy atom. The fraction of sp³-hybridized carbons (Fsp3) is 0.250. The largest absolute Gasteiger partial charge is 0.508 e. The fourth-order valence-electron chi connectivity index (χ4n) is 1.89. The number of aromatic nitrogens is 1. The van der Waals surface area contributed by atoms with E-state index in [9.17, 15) is 9.90 Å². The molecule has 0 atom stereocenters. The SMILES string of the molecule is CCn1c(C(C)=O)cc2cc(O)ccc21. The summed E-state index contributed by atoms with van der Waals surface area (Å²) in [6, 6.07) is 6.97. The maximum absolute atomic E-state index is 11.4. The molecule has 0 radical (unpaired) electrons. The number of rotatable bonds is 2. The van der Waals surface area contributed by atoms with E-state index in [4.69, 9.17) is 0 Å². The summed E-state index contributed by atoms with van der Waals surface area (Å²) in [6.07, 6.45) is 0. The zero-order valence-electron chi connectivity index (χ0n) is 8.82. The van der Waals surface area contributed by atoms with Crippen LogP contribution in [0.1, 0.15) is 24.3 Å². The first-order valence-corrected chi connectivity index (χ1v) is 4.96. The van der Waals surface area contributed by atoms with Gasteiger partial charge in [0.25, 0.3) is 0 Å². The third kappa shape index (κ3) is 1.50. The van der Waals surface area contributed by atoms with Crippen molar-refractivity contribution in [3.8, 4) is 5.75 Å². The van der Waals surface area contributed by atoms with Crippen LogP contribution in [0, 0.1) is 0 Å². The summed E-state index contributed by atoms with van der Waals surface area (Å²) in [5.41, 5.74) is 1.68. The van der Waals surface area contributed by atoms with E-state index in [0.29, 0.717) is 5.69 Å².